The first-order valence-electron chi connectivity index (χ1n) is 6.36. The van der Waals surface area contributed by atoms with E-state index in [0.29, 0.717) is 16.3 Å². The quantitative estimate of drug-likeness (QED) is 0.632. The van der Waals surface area contributed by atoms with Crippen molar-refractivity contribution in [3.8, 4) is 11.1 Å². The fourth-order valence-corrected chi connectivity index (χ4v) is 2.34. The van der Waals surface area contributed by atoms with Crippen molar-refractivity contribution in [2.45, 2.75) is 6.29 Å². The summed E-state index contributed by atoms with van der Waals surface area (Å²) in [5.41, 5.74) is 7.63. The maximum absolute atomic E-state index is 13.3. The van der Waals surface area contributed by atoms with Crippen molar-refractivity contribution >= 4 is 16.6 Å². The number of nitrogens with zero attached hydrogens (tertiary/aromatic N) is 1. The zero-order valence-electron chi connectivity index (χ0n) is 11.0. The molecule has 0 amide bonds. The molecule has 1 heterocycles. The molecule has 106 valence electrons. The van der Waals surface area contributed by atoms with Crippen LogP contribution in [0.1, 0.15) is 11.9 Å². The Morgan fingerprint density at radius 3 is 2.48 bits per heavy atom. The number of nitrogens with two attached hydrogens (primary N) is 1. The van der Waals surface area contributed by atoms with Crippen molar-refractivity contribution in [2.75, 3.05) is 5.73 Å². The second-order valence-corrected chi connectivity index (χ2v) is 4.74. The van der Waals surface area contributed by atoms with Gasteiger partial charge in [0.05, 0.1) is 0 Å². The van der Waals surface area contributed by atoms with Crippen LogP contribution in [0.2, 0.25) is 0 Å². The van der Waals surface area contributed by atoms with E-state index in [1.807, 2.05) is 0 Å². The van der Waals surface area contributed by atoms with Gasteiger partial charge in [0, 0.05) is 17.1 Å². The Kier molecular flexibility index (Phi) is 3.29. The summed E-state index contributed by atoms with van der Waals surface area (Å²) in [6.45, 7) is 0. The van der Waals surface area contributed by atoms with E-state index in [0.717, 1.165) is 5.56 Å². The van der Waals surface area contributed by atoms with Gasteiger partial charge in [0.2, 0.25) is 0 Å². The molecule has 0 bridgehead atoms. The van der Waals surface area contributed by atoms with Gasteiger partial charge in [0.1, 0.15) is 11.6 Å². The van der Waals surface area contributed by atoms with Crippen molar-refractivity contribution in [3.05, 3.63) is 60.0 Å². The van der Waals surface area contributed by atoms with Crippen molar-refractivity contribution in [1.29, 1.82) is 0 Å². The summed E-state index contributed by atoms with van der Waals surface area (Å²) < 4.78 is 13.3. The molecule has 3 rings (SSSR count). The van der Waals surface area contributed by atoms with Crippen LogP contribution in [0.25, 0.3) is 21.9 Å². The van der Waals surface area contributed by atoms with E-state index in [1.54, 1.807) is 30.3 Å². The van der Waals surface area contributed by atoms with Gasteiger partial charge in [0.15, 0.2) is 6.29 Å². The van der Waals surface area contributed by atoms with Crippen LogP contribution in [0.3, 0.4) is 0 Å². The molecule has 0 fully saturated rings. The van der Waals surface area contributed by atoms with Crippen molar-refractivity contribution in [1.82, 2.24) is 4.98 Å². The first-order chi connectivity index (χ1) is 10.1. The second kappa shape index (κ2) is 5.12. The van der Waals surface area contributed by atoms with Gasteiger partial charge in [-0.1, -0.05) is 24.3 Å². The van der Waals surface area contributed by atoms with Crippen LogP contribution in [0.5, 0.6) is 0 Å². The van der Waals surface area contributed by atoms with Gasteiger partial charge < -0.3 is 15.9 Å². The number of halogens is 1. The van der Waals surface area contributed by atoms with E-state index in [1.165, 1.54) is 18.3 Å². The van der Waals surface area contributed by atoms with E-state index in [4.69, 9.17) is 5.73 Å². The molecule has 21 heavy (non-hydrogen) atoms. The number of aromatic nitrogens is 1. The minimum Gasteiger partial charge on any atom is -0.383 e. The van der Waals surface area contributed by atoms with E-state index in [9.17, 15) is 14.6 Å². The second-order valence-electron chi connectivity index (χ2n) is 4.74. The van der Waals surface area contributed by atoms with Crippen LogP contribution in [0, 0.1) is 5.82 Å². The molecule has 0 aliphatic heterocycles. The first-order valence-corrected chi connectivity index (χ1v) is 6.36. The normalized spacial score (nSPS) is 11.2. The molecular weight excluding hydrogens is 271 g/mol. The number of nitrogen functional groups attached to an aromatic ring is 1. The highest BCUT2D eigenvalue weighted by Gasteiger charge is 2.12. The third kappa shape index (κ3) is 2.44. The molecule has 0 radical (unpaired) electrons. The first kappa shape index (κ1) is 13.5. The highest BCUT2D eigenvalue weighted by molar-refractivity contribution is 5.96. The largest absolute Gasteiger partial charge is 0.383 e. The number of rotatable bonds is 2. The minimum atomic E-state index is -1.62. The highest BCUT2D eigenvalue weighted by atomic mass is 19.1. The van der Waals surface area contributed by atoms with Crippen LogP contribution in [-0.4, -0.2) is 15.2 Å². The standard InChI is InChI=1S/C16H13FN2O2/c17-11-3-1-2-9(6-11)10-4-5-12-13(7-10)15(18)19-8-14(12)16(20)21/h1-8,16,20-21H,(H2,18,19). The summed E-state index contributed by atoms with van der Waals surface area (Å²) in [5.74, 6) is -0.0362. The Bertz CT molecular complexity index is 818. The smallest absolute Gasteiger partial charge is 0.180 e. The summed E-state index contributed by atoms with van der Waals surface area (Å²) in [5, 5.41) is 19.9. The lowest BCUT2D eigenvalue weighted by molar-refractivity contribution is -0.0415. The van der Waals surface area contributed by atoms with Gasteiger partial charge in [-0.05, 0) is 34.7 Å². The lowest BCUT2D eigenvalue weighted by atomic mass is 9.99. The Hall–Kier alpha value is -2.50. The Morgan fingerprint density at radius 2 is 1.76 bits per heavy atom. The van der Waals surface area contributed by atoms with Crippen LogP contribution in [0.4, 0.5) is 10.2 Å². The van der Waals surface area contributed by atoms with Gasteiger partial charge in [-0.15, -0.1) is 0 Å². The Morgan fingerprint density at radius 1 is 1.00 bits per heavy atom. The summed E-state index contributed by atoms with van der Waals surface area (Å²) in [6.07, 6.45) is -0.287. The van der Waals surface area contributed by atoms with Crippen LogP contribution < -0.4 is 5.73 Å². The summed E-state index contributed by atoms with van der Waals surface area (Å²) in [6, 6.07) is 11.5. The number of hydrogen-bond acceptors (Lipinski definition) is 4. The number of benzene rings is 2. The van der Waals surface area contributed by atoms with Gasteiger partial charge >= 0.3 is 0 Å². The monoisotopic (exact) mass is 284 g/mol. The lowest BCUT2D eigenvalue weighted by Crippen LogP contribution is -2.00. The minimum absolute atomic E-state index is 0.282. The lowest BCUT2D eigenvalue weighted by Gasteiger charge is -2.11. The molecule has 0 atom stereocenters. The molecule has 0 unspecified atom stereocenters. The molecule has 0 spiro atoms. The zero-order chi connectivity index (χ0) is 15.0. The van der Waals surface area contributed by atoms with Gasteiger partial charge in [-0.25, -0.2) is 9.37 Å². The van der Waals surface area contributed by atoms with Gasteiger partial charge in [-0.2, -0.15) is 0 Å². The molecule has 4 N–H and O–H groups in total. The molecule has 3 aromatic rings. The number of aliphatic hydroxyl groups is 2. The predicted octanol–water partition coefficient (Wildman–Crippen LogP) is 2.61. The van der Waals surface area contributed by atoms with E-state index >= 15 is 0 Å². The number of fused-ring (bicyclic) bond motifs is 1. The molecule has 0 aliphatic carbocycles. The third-order valence-electron chi connectivity index (χ3n) is 3.39. The third-order valence-corrected chi connectivity index (χ3v) is 3.39. The van der Waals surface area contributed by atoms with Gasteiger partial charge in [-0.3, -0.25) is 0 Å². The average molecular weight is 284 g/mol. The zero-order valence-corrected chi connectivity index (χ0v) is 11.0. The number of hydrogen-bond donors (Lipinski definition) is 3. The maximum atomic E-state index is 13.3. The fourth-order valence-electron chi connectivity index (χ4n) is 2.34. The summed E-state index contributed by atoms with van der Waals surface area (Å²) in [4.78, 5) is 3.96. The van der Waals surface area contributed by atoms with E-state index in [2.05, 4.69) is 4.98 Å². The summed E-state index contributed by atoms with van der Waals surface area (Å²) in [7, 11) is 0. The fraction of sp³-hybridized carbons (Fsp3) is 0.0625. The molecule has 0 saturated carbocycles. The average Bonchev–Trinajstić information content (AvgIpc) is 2.47. The molecule has 1 aromatic heterocycles. The van der Waals surface area contributed by atoms with Crippen molar-refractivity contribution in [2.24, 2.45) is 0 Å². The molecule has 0 aliphatic rings. The van der Waals surface area contributed by atoms with Crippen LogP contribution >= 0.6 is 0 Å². The van der Waals surface area contributed by atoms with E-state index in [-0.39, 0.29) is 17.2 Å². The number of pyridine rings is 1. The summed E-state index contributed by atoms with van der Waals surface area (Å²) >= 11 is 0. The van der Waals surface area contributed by atoms with E-state index < -0.39 is 6.29 Å². The predicted molar refractivity (Wildman–Crippen MR) is 78.7 cm³/mol. The molecule has 4 nitrogen and oxygen atoms in total. The van der Waals surface area contributed by atoms with Gasteiger partial charge in [0.25, 0.3) is 0 Å². The molecular formula is C16H13FN2O2. The molecule has 2 aromatic carbocycles. The maximum Gasteiger partial charge on any atom is 0.180 e. The molecule has 5 heteroatoms. The van der Waals surface area contributed by atoms with Crippen molar-refractivity contribution in [3.63, 3.8) is 0 Å². The Labute approximate surface area is 120 Å². The highest BCUT2D eigenvalue weighted by Crippen LogP contribution is 2.30. The van der Waals surface area contributed by atoms with Crippen molar-refractivity contribution < 1.29 is 14.6 Å². The topological polar surface area (TPSA) is 79.4 Å². The SMILES string of the molecule is Nc1ncc(C(O)O)c2ccc(-c3cccc(F)c3)cc12. The van der Waals surface area contributed by atoms with Crippen LogP contribution in [0.15, 0.2) is 48.7 Å². The number of aliphatic hydroxyl groups excluding tert-OH is 1. The van der Waals surface area contributed by atoms with Crippen LogP contribution in [-0.2, 0) is 0 Å². The number of anilines is 1. The molecule has 0 saturated heterocycles. The Balaban J connectivity index is 2.23.